The number of ether oxygens (including phenoxy) is 2. The molecule has 21 heavy (non-hydrogen) atoms. The van der Waals surface area contributed by atoms with Crippen molar-refractivity contribution in [2.75, 3.05) is 6.79 Å². The first-order chi connectivity index (χ1) is 10.3. The fraction of sp³-hybridized carbons (Fsp3) is 0.118. The van der Waals surface area contributed by atoms with E-state index in [9.17, 15) is 0 Å². The molecule has 2 aromatic carbocycles. The minimum absolute atomic E-state index is 0.295. The second-order valence-corrected chi connectivity index (χ2v) is 5.67. The Balaban J connectivity index is 1.89. The smallest absolute Gasteiger partial charge is 0.231 e. The van der Waals surface area contributed by atoms with Crippen LogP contribution in [0.25, 0.3) is 22.0 Å². The highest BCUT2D eigenvalue weighted by Gasteiger charge is 2.27. The van der Waals surface area contributed by atoms with E-state index in [1.165, 1.54) is 16.7 Å². The van der Waals surface area contributed by atoms with Crippen LogP contribution in [0.15, 0.2) is 36.4 Å². The fourth-order valence-corrected chi connectivity index (χ4v) is 3.50. The summed E-state index contributed by atoms with van der Waals surface area (Å²) in [5.41, 5.74) is 5.59. The Hall–Kier alpha value is -2.26. The predicted octanol–water partition coefficient (Wildman–Crippen LogP) is 4.19. The Morgan fingerprint density at radius 1 is 1.05 bits per heavy atom. The molecule has 102 valence electrons. The van der Waals surface area contributed by atoms with Gasteiger partial charge in [0.1, 0.15) is 5.15 Å². The van der Waals surface area contributed by atoms with Gasteiger partial charge in [-0.25, -0.2) is 4.98 Å². The molecule has 0 fully saturated rings. The van der Waals surface area contributed by atoms with Crippen LogP contribution >= 0.6 is 11.6 Å². The molecule has 2 aliphatic rings. The van der Waals surface area contributed by atoms with E-state index in [1.54, 1.807) is 0 Å². The molecular formula is C17H10ClNO2. The molecule has 0 saturated carbocycles. The lowest BCUT2D eigenvalue weighted by Crippen LogP contribution is -1.93. The van der Waals surface area contributed by atoms with Crippen molar-refractivity contribution in [3.05, 3.63) is 52.7 Å². The summed E-state index contributed by atoms with van der Waals surface area (Å²) in [5.74, 6) is 1.62. The van der Waals surface area contributed by atoms with Crippen LogP contribution < -0.4 is 9.47 Å². The van der Waals surface area contributed by atoms with Crippen molar-refractivity contribution < 1.29 is 9.47 Å². The number of nitrogens with zero attached hydrogens (tertiary/aromatic N) is 1. The van der Waals surface area contributed by atoms with Crippen LogP contribution in [-0.4, -0.2) is 11.8 Å². The minimum atomic E-state index is 0.295. The van der Waals surface area contributed by atoms with Crippen LogP contribution in [0.2, 0.25) is 5.15 Å². The van der Waals surface area contributed by atoms with Crippen molar-refractivity contribution in [3.63, 3.8) is 0 Å². The highest BCUT2D eigenvalue weighted by atomic mass is 35.5. The first-order valence-corrected chi connectivity index (χ1v) is 7.19. The van der Waals surface area contributed by atoms with Gasteiger partial charge in [0.05, 0.1) is 5.52 Å². The SMILES string of the molecule is Clc1nc2ccccc2c2c1Cc1cc3c(cc1-2)OCO3. The van der Waals surface area contributed by atoms with Crippen LogP contribution in [0.3, 0.4) is 0 Å². The number of halogens is 1. The summed E-state index contributed by atoms with van der Waals surface area (Å²) in [5, 5.41) is 1.72. The van der Waals surface area contributed by atoms with E-state index in [0.29, 0.717) is 11.9 Å². The van der Waals surface area contributed by atoms with E-state index < -0.39 is 0 Å². The molecule has 0 atom stereocenters. The quantitative estimate of drug-likeness (QED) is 0.456. The Labute approximate surface area is 126 Å². The van der Waals surface area contributed by atoms with Crippen LogP contribution in [-0.2, 0) is 6.42 Å². The average Bonchev–Trinajstić information content (AvgIpc) is 3.09. The van der Waals surface area contributed by atoms with Gasteiger partial charge in [-0.1, -0.05) is 29.8 Å². The maximum atomic E-state index is 6.39. The van der Waals surface area contributed by atoms with Gasteiger partial charge in [0.2, 0.25) is 6.79 Å². The zero-order valence-corrected chi connectivity index (χ0v) is 11.8. The minimum Gasteiger partial charge on any atom is -0.454 e. The highest BCUT2D eigenvalue weighted by molar-refractivity contribution is 6.31. The van der Waals surface area contributed by atoms with Gasteiger partial charge in [0, 0.05) is 17.4 Å². The van der Waals surface area contributed by atoms with Gasteiger partial charge in [0.15, 0.2) is 11.5 Å². The highest BCUT2D eigenvalue weighted by Crippen LogP contribution is 2.48. The molecular weight excluding hydrogens is 286 g/mol. The Kier molecular flexibility index (Phi) is 2.11. The molecule has 3 nitrogen and oxygen atoms in total. The van der Waals surface area contributed by atoms with Crippen molar-refractivity contribution >= 4 is 22.5 Å². The molecule has 3 aromatic rings. The number of hydrogen-bond acceptors (Lipinski definition) is 3. The van der Waals surface area contributed by atoms with Gasteiger partial charge < -0.3 is 9.47 Å². The number of fused-ring (bicyclic) bond motifs is 6. The fourth-order valence-electron chi connectivity index (χ4n) is 3.24. The molecule has 0 amide bonds. The normalized spacial score (nSPS) is 14.3. The Bertz CT molecular complexity index is 920. The number of benzene rings is 2. The average molecular weight is 296 g/mol. The van der Waals surface area contributed by atoms with Crippen molar-refractivity contribution in [1.82, 2.24) is 4.98 Å². The molecule has 2 heterocycles. The van der Waals surface area contributed by atoms with Crippen LogP contribution in [0, 0.1) is 0 Å². The lowest BCUT2D eigenvalue weighted by Gasteiger charge is -2.08. The lowest BCUT2D eigenvalue weighted by molar-refractivity contribution is 0.174. The van der Waals surface area contributed by atoms with Crippen molar-refractivity contribution in [2.24, 2.45) is 0 Å². The summed E-state index contributed by atoms with van der Waals surface area (Å²) in [6, 6.07) is 12.2. The van der Waals surface area contributed by atoms with Crippen molar-refractivity contribution in [2.45, 2.75) is 6.42 Å². The molecule has 5 rings (SSSR count). The maximum Gasteiger partial charge on any atom is 0.231 e. The van der Waals surface area contributed by atoms with Gasteiger partial charge in [-0.05, 0) is 34.9 Å². The molecule has 0 saturated heterocycles. The topological polar surface area (TPSA) is 31.4 Å². The third-order valence-corrected chi connectivity index (χ3v) is 4.49. The van der Waals surface area contributed by atoms with E-state index in [1.807, 2.05) is 18.2 Å². The molecule has 1 aromatic heterocycles. The third kappa shape index (κ3) is 1.47. The van der Waals surface area contributed by atoms with Gasteiger partial charge in [0.25, 0.3) is 0 Å². The number of pyridine rings is 1. The van der Waals surface area contributed by atoms with Crippen molar-refractivity contribution in [3.8, 4) is 22.6 Å². The van der Waals surface area contributed by atoms with Crippen LogP contribution in [0.5, 0.6) is 11.5 Å². The largest absolute Gasteiger partial charge is 0.454 e. The standard InChI is InChI=1S/C17H10ClNO2/c18-17-12-5-9-6-14-15(21-8-20-14)7-11(9)16(12)10-3-1-2-4-13(10)19-17/h1-4,6-7H,5,8H2. The van der Waals surface area contributed by atoms with E-state index >= 15 is 0 Å². The predicted molar refractivity (Wildman–Crippen MR) is 81.1 cm³/mol. The molecule has 0 unspecified atom stereocenters. The summed E-state index contributed by atoms with van der Waals surface area (Å²) >= 11 is 6.39. The van der Waals surface area contributed by atoms with Gasteiger partial charge in [-0.15, -0.1) is 0 Å². The van der Waals surface area contributed by atoms with E-state index in [-0.39, 0.29) is 0 Å². The third-order valence-electron chi connectivity index (χ3n) is 4.18. The summed E-state index contributed by atoms with van der Waals surface area (Å²) in [6.45, 7) is 0.295. The second-order valence-electron chi connectivity index (χ2n) is 5.31. The summed E-state index contributed by atoms with van der Waals surface area (Å²) in [6.07, 6.45) is 0.790. The number of hydrogen-bond donors (Lipinski definition) is 0. The first-order valence-electron chi connectivity index (χ1n) is 6.81. The first kappa shape index (κ1) is 11.4. The number of rotatable bonds is 0. The number of aromatic nitrogens is 1. The molecule has 0 bridgehead atoms. The van der Waals surface area contributed by atoms with Crippen molar-refractivity contribution in [1.29, 1.82) is 0 Å². The zero-order chi connectivity index (χ0) is 14.0. The molecule has 4 heteroatoms. The Morgan fingerprint density at radius 3 is 2.76 bits per heavy atom. The molecule has 1 aliphatic carbocycles. The summed E-state index contributed by atoms with van der Waals surface area (Å²) in [4.78, 5) is 4.51. The zero-order valence-electron chi connectivity index (χ0n) is 11.0. The molecule has 0 N–H and O–H groups in total. The van der Waals surface area contributed by atoms with E-state index in [0.717, 1.165) is 34.4 Å². The van der Waals surface area contributed by atoms with E-state index in [2.05, 4.69) is 23.2 Å². The van der Waals surface area contributed by atoms with Gasteiger partial charge >= 0.3 is 0 Å². The number of para-hydroxylation sites is 1. The van der Waals surface area contributed by atoms with Crippen LogP contribution in [0.1, 0.15) is 11.1 Å². The van der Waals surface area contributed by atoms with Crippen LogP contribution in [0.4, 0.5) is 0 Å². The monoisotopic (exact) mass is 295 g/mol. The second kappa shape index (κ2) is 3.89. The lowest BCUT2D eigenvalue weighted by atomic mass is 10.0. The van der Waals surface area contributed by atoms with Gasteiger partial charge in [-0.3, -0.25) is 0 Å². The Morgan fingerprint density at radius 2 is 1.86 bits per heavy atom. The van der Waals surface area contributed by atoms with E-state index in [4.69, 9.17) is 21.1 Å². The molecule has 1 aliphatic heterocycles. The summed E-state index contributed by atoms with van der Waals surface area (Å²) < 4.78 is 11.0. The molecule has 0 radical (unpaired) electrons. The maximum absolute atomic E-state index is 6.39. The summed E-state index contributed by atoms with van der Waals surface area (Å²) in [7, 11) is 0. The molecule has 0 spiro atoms. The van der Waals surface area contributed by atoms with Gasteiger partial charge in [-0.2, -0.15) is 0 Å².